The number of anilines is 1. The van der Waals surface area contributed by atoms with Crippen molar-refractivity contribution in [3.05, 3.63) is 29.8 Å². The highest BCUT2D eigenvalue weighted by atomic mass is 19.1. The molecule has 0 spiro atoms. The van der Waals surface area contributed by atoms with E-state index in [1.54, 1.807) is 6.92 Å². The van der Waals surface area contributed by atoms with Crippen LogP contribution in [0.4, 0.5) is 19.3 Å². The van der Waals surface area contributed by atoms with Crippen LogP contribution in [0.15, 0.2) is 18.2 Å². The fourth-order valence-corrected chi connectivity index (χ4v) is 1.61. The van der Waals surface area contributed by atoms with Gasteiger partial charge in [0.2, 0.25) is 0 Å². The van der Waals surface area contributed by atoms with Crippen LogP contribution in [0.5, 0.6) is 0 Å². The van der Waals surface area contributed by atoms with Crippen molar-refractivity contribution in [2.24, 2.45) is 0 Å². The number of hydrogen-bond donors (Lipinski definition) is 3. The summed E-state index contributed by atoms with van der Waals surface area (Å²) in [7, 11) is 0. The molecule has 0 aromatic heterocycles. The Labute approximate surface area is 115 Å². The van der Waals surface area contributed by atoms with Crippen molar-refractivity contribution in [1.82, 2.24) is 5.32 Å². The van der Waals surface area contributed by atoms with Crippen LogP contribution >= 0.6 is 0 Å². The van der Waals surface area contributed by atoms with Crippen molar-refractivity contribution < 1.29 is 23.5 Å². The minimum atomic E-state index is -0.900. The minimum Gasteiger partial charge on any atom is -0.481 e. The summed E-state index contributed by atoms with van der Waals surface area (Å²) in [6.45, 7) is 1.70. The van der Waals surface area contributed by atoms with Crippen LogP contribution in [0.1, 0.15) is 26.2 Å². The maximum Gasteiger partial charge on any atom is 0.319 e. The standard InChI is InChI=1S/C13H16F2N2O3/c1-8(3-2-4-12(18)19)16-13(20)17-11-7-9(14)5-6-10(11)15/h5-8H,2-4H2,1H3,(H,18,19)(H2,16,17,20). The van der Waals surface area contributed by atoms with Gasteiger partial charge in [-0.15, -0.1) is 0 Å². The van der Waals surface area contributed by atoms with Crippen LogP contribution in [0, 0.1) is 11.6 Å². The second-order valence-corrected chi connectivity index (χ2v) is 4.41. The van der Waals surface area contributed by atoms with Crippen molar-refractivity contribution in [1.29, 1.82) is 0 Å². The SMILES string of the molecule is CC(CCCC(=O)O)NC(=O)Nc1cc(F)ccc1F. The molecule has 3 N–H and O–H groups in total. The van der Waals surface area contributed by atoms with Crippen LogP contribution < -0.4 is 10.6 Å². The maximum absolute atomic E-state index is 13.3. The topological polar surface area (TPSA) is 78.4 Å². The first-order chi connectivity index (χ1) is 9.38. The van der Waals surface area contributed by atoms with E-state index in [0.717, 1.165) is 18.2 Å². The Morgan fingerprint density at radius 2 is 2.05 bits per heavy atom. The molecular formula is C13H16F2N2O3. The Balaban J connectivity index is 2.43. The first-order valence-electron chi connectivity index (χ1n) is 6.13. The molecule has 0 saturated heterocycles. The van der Waals surface area contributed by atoms with Gasteiger partial charge in [0.05, 0.1) is 5.69 Å². The molecule has 1 unspecified atom stereocenters. The lowest BCUT2D eigenvalue weighted by Gasteiger charge is -2.14. The number of nitrogens with one attached hydrogen (secondary N) is 2. The Bertz CT molecular complexity index is 495. The third-order valence-corrected chi connectivity index (χ3v) is 2.58. The van der Waals surface area contributed by atoms with Crippen molar-refractivity contribution in [3.63, 3.8) is 0 Å². The van der Waals surface area contributed by atoms with E-state index in [9.17, 15) is 18.4 Å². The number of carboxylic acids is 1. The Morgan fingerprint density at radius 1 is 1.35 bits per heavy atom. The average Bonchev–Trinajstić information content (AvgIpc) is 2.33. The highest BCUT2D eigenvalue weighted by molar-refractivity contribution is 5.89. The van der Waals surface area contributed by atoms with E-state index >= 15 is 0 Å². The molecule has 1 atom stereocenters. The number of amides is 2. The zero-order valence-corrected chi connectivity index (χ0v) is 11.0. The Kier molecular flexibility index (Phi) is 5.89. The zero-order valence-electron chi connectivity index (χ0n) is 11.0. The van der Waals surface area contributed by atoms with Gasteiger partial charge in [-0.2, -0.15) is 0 Å². The first kappa shape index (κ1) is 15.9. The van der Waals surface area contributed by atoms with Gasteiger partial charge < -0.3 is 15.7 Å². The van der Waals surface area contributed by atoms with Gasteiger partial charge in [-0.25, -0.2) is 13.6 Å². The molecule has 0 heterocycles. The summed E-state index contributed by atoms with van der Waals surface area (Å²) < 4.78 is 26.2. The van der Waals surface area contributed by atoms with Gasteiger partial charge in [-0.05, 0) is 31.9 Å². The molecule has 5 nitrogen and oxygen atoms in total. The van der Waals surface area contributed by atoms with Crippen LogP contribution in [-0.2, 0) is 4.79 Å². The molecule has 1 rings (SSSR count). The molecular weight excluding hydrogens is 270 g/mol. The monoisotopic (exact) mass is 286 g/mol. The average molecular weight is 286 g/mol. The van der Waals surface area contributed by atoms with E-state index < -0.39 is 23.6 Å². The van der Waals surface area contributed by atoms with Gasteiger partial charge in [-0.1, -0.05) is 0 Å². The number of halogens is 2. The fourth-order valence-electron chi connectivity index (χ4n) is 1.61. The normalized spacial score (nSPS) is 11.8. The molecule has 2 amide bonds. The molecule has 20 heavy (non-hydrogen) atoms. The summed E-state index contributed by atoms with van der Waals surface area (Å²) in [6, 6.07) is 1.81. The number of urea groups is 1. The maximum atomic E-state index is 13.3. The van der Waals surface area contributed by atoms with Crippen LogP contribution in [0.25, 0.3) is 0 Å². The second-order valence-electron chi connectivity index (χ2n) is 4.41. The molecule has 1 aromatic carbocycles. The molecule has 0 aliphatic rings. The first-order valence-corrected chi connectivity index (χ1v) is 6.13. The largest absolute Gasteiger partial charge is 0.481 e. The summed E-state index contributed by atoms with van der Waals surface area (Å²) in [5.41, 5.74) is -0.250. The Hall–Kier alpha value is -2.18. The number of carboxylic acid groups (broad SMARTS) is 1. The molecule has 0 bridgehead atoms. The fraction of sp³-hybridized carbons (Fsp3) is 0.385. The number of benzene rings is 1. The number of carbonyl (C=O) groups is 2. The molecule has 0 aliphatic heterocycles. The minimum absolute atomic E-state index is 0.0200. The summed E-state index contributed by atoms with van der Waals surface area (Å²) in [5.74, 6) is -2.29. The van der Waals surface area contributed by atoms with Gasteiger partial charge in [0, 0.05) is 18.5 Å². The van der Waals surface area contributed by atoms with Crippen LogP contribution in [0.3, 0.4) is 0 Å². The van der Waals surface area contributed by atoms with Gasteiger partial charge >= 0.3 is 12.0 Å². The van der Waals surface area contributed by atoms with E-state index in [-0.39, 0.29) is 18.2 Å². The van der Waals surface area contributed by atoms with E-state index in [1.165, 1.54) is 0 Å². The van der Waals surface area contributed by atoms with Crippen molar-refractivity contribution in [2.45, 2.75) is 32.2 Å². The van der Waals surface area contributed by atoms with Crippen LogP contribution in [0.2, 0.25) is 0 Å². The predicted octanol–water partition coefficient (Wildman–Crippen LogP) is 2.73. The number of carbonyl (C=O) groups excluding carboxylic acids is 1. The zero-order chi connectivity index (χ0) is 15.1. The number of hydrogen-bond acceptors (Lipinski definition) is 2. The number of aliphatic carboxylic acids is 1. The van der Waals surface area contributed by atoms with Gasteiger partial charge in [0.25, 0.3) is 0 Å². The molecule has 0 aliphatic carbocycles. The summed E-state index contributed by atoms with van der Waals surface area (Å²) in [5, 5.41) is 13.2. The van der Waals surface area contributed by atoms with Crippen molar-refractivity contribution >= 4 is 17.7 Å². The second kappa shape index (κ2) is 7.42. The van der Waals surface area contributed by atoms with Crippen molar-refractivity contribution in [3.8, 4) is 0 Å². The smallest absolute Gasteiger partial charge is 0.319 e. The lowest BCUT2D eigenvalue weighted by atomic mass is 10.1. The van der Waals surface area contributed by atoms with E-state index in [4.69, 9.17) is 5.11 Å². The molecule has 110 valence electrons. The molecule has 7 heteroatoms. The lowest BCUT2D eigenvalue weighted by Crippen LogP contribution is -2.36. The molecule has 0 fully saturated rings. The van der Waals surface area contributed by atoms with Crippen molar-refractivity contribution in [2.75, 3.05) is 5.32 Å². The van der Waals surface area contributed by atoms with E-state index in [2.05, 4.69) is 10.6 Å². The third kappa shape index (κ3) is 5.64. The molecule has 0 saturated carbocycles. The highest BCUT2D eigenvalue weighted by Crippen LogP contribution is 2.15. The summed E-state index contributed by atoms with van der Waals surface area (Å²) in [6.07, 6.45) is 0.919. The Morgan fingerprint density at radius 3 is 2.70 bits per heavy atom. The predicted molar refractivity (Wildman–Crippen MR) is 69.5 cm³/mol. The lowest BCUT2D eigenvalue weighted by molar-refractivity contribution is -0.137. The summed E-state index contributed by atoms with van der Waals surface area (Å²) >= 11 is 0. The quantitative estimate of drug-likeness (QED) is 0.752. The van der Waals surface area contributed by atoms with E-state index in [1.807, 2.05) is 0 Å². The van der Waals surface area contributed by atoms with Gasteiger partial charge in [0.1, 0.15) is 11.6 Å². The number of rotatable bonds is 6. The molecule has 1 aromatic rings. The summed E-state index contributed by atoms with van der Waals surface area (Å²) in [4.78, 5) is 21.9. The van der Waals surface area contributed by atoms with Crippen LogP contribution in [-0.4, -0.2) is 23.1 Å². The van der Waals surface area contributed by atoms with E-state index in [0.29, 0.717) is 12.8 Å². The van der Waals surface area contributed by atoms with Gasteiger partial charge in [0.15, 0.2) is 0 Å². The molecule has 0 radical (unpaired) electrons. The third-order valence-electron chi connectivity index (χ3n) is 2.58. The highest BCUT2D eigenvalue weighted by Gasteiger charge is 2.11. The van der Waals surface area contributed by atoms with Gasteiger partial charge in [-0.3, -0.25) is 4.79 Å².